The zero-order chi connectivity index (χ0) is 17.4. The van der Waals surface area contributed by atoms with E-state index in [4.69, 9.17) is 4.74 Å². The van der Waals surface area contributed by atoms with Crippen LogP contribution in [-0.2, 0) is 22.5 Å². The fourth-order valence-corrected chi connectivity index (χ4v) is 3.05. The predicted octanol–water partition coefficient (Wildman–Crippen LogP) is 2.02. The smallest absolute Gasteiger partial charge is 0.339 e. The van der Waals surface area contributed by atoms with Crippen molar-refractivity contribution >= 4 is 17.7 Å². The number of hydrogen-bond acceptors (Lipinski definition) is 4. The number of esters is 1. The molecule has 2 heterocycles. The molecule has 0 unspecified atom stereocenters. The standard InChI is InChI=1S/C17H24N2O4/c1-10-12(16(22)23-5)11-8-6-7-9-19(11)13(10)14(20)15(21)18-17(2,3)4/h6-9H2,1-5H3,(H,18,21). The highest BCUT2D eigenvalue weighted by molar-refractivity contribution is 6.43. The van der Waals surface area contributed by atoms with Gasteiger partial charge in [0.15, 0.2) is 0 Å². The Morgan fingerprint density at radius 1 is 1.17 bits per heavy atom. The van der Waals surface area contributed by atoms with E-state index < -0.39 is 23.2 Å². The van der Waals surface area contributed by atoms with Crippen molar-refractivity contribution < 1.29 is 19.1 Å². The Hall–Kier alpha value is -2.11. The van der Waals surface area contributed by atoms with Gasteiger partial charge in [-0.2, -0.15) is 0 Å². The molecule has 0 bridgehead atoms. The first-order valence-corrected chi connectivity index (χ1v) is 7.84. The number of nitrogens with zero attached hydrogens (tertiary/aromatic N) is 1. The van der Waals surface area contributed by atoms with Crippen molar-refractivity contribution in [3.63, 3.8) is 0 Å². The molecule has 0 saturated carbocycles. The van der Waals surface area contributed by atoms with Gasteiger partial charge in [0, 0.05) is 17.8 Å². The quantitative estimate of drug-likeness (QED) is 0.525. The molecule has 6 nitrogen and oxygen atoms in total. The van der Waals surface area contributed by atoms with Gasteiger partial charge in [0.25, 0.3) is 11.7 Å². The van der Waals surface area contributed by atoms with Gasteiger partial charge in [0.2, 0.25) is 0 Å². The number of amides is 1. The topological polar surface area (TPSA) is 77.4 Å². The number of Topliss-reactive ketones (excluding diaryl/α,β-unsaturated/α-hetero) is 1. The summed E-state index contributed by atoms with van der Waals surface area (Å²) in [6.45, 7) is 7.79. The van der Waals surface area contributed by atoms with Crippen molar-refractivity contribution in [2.45, 2.75) is 59.0 Å². The number of rotatable bonds is 3. The summed E-state index contributed by atoms with van der Waals surface area (Å²) in [7, 11) is 1.32. The second-order valence-corrected chi connectivity index (χ2v) is 6.93. The summed E-state index contributed by atoms with van der Waals surface area (Å²) >= 11 is 0. The van der Waals surface area contributed by atoms with Gasteiger partial charge in [-0.05, 0) is 52.5 Å². The number of fused-ring (bicyclic) bond motifs is 1. The fourth-order valence-electron chi connectivity index (χ4n) is 3.05. The molecule has 0 radical (unpaired) electrons. The van der Waals surface area contributed by atoms with E-state index in [0.29, 0.717) is 29.8 Å². The molecule has 1 aliphatic heterocycles. The molecule has 126 valence electrons. The molecule has 1 N–H and O–H groups in total. The minimum atomic E-state index is -0.650. The van der Waals surface area contributed by atoms with Crippen LogP contribution in [0.1, 0.15) is 65.7 Å². The summed E-state index contributed by atoms with van der Waals surface area (Å²) in [5, 5.41) is 2.69. The highest BCUT2D eigenvalue weighted by Crippen LogP contribution is 2.29. The van der Waals surface area contributed by atoms with Crippen LogP contribution >= 0.6 is 0 Å². The average molecular weight is 320 g/mol. The van der Waals surface area contributed by atoms with Crippen LogP contribution in [0, 0.1) is 6.92 Å². The van der Waals surface area contributed by atoms with Crippen LogP contribution in [0.15, 0.2) is 0 Å². The van der Waals surface area contributed by atoms with Gasteiger partial charge in [0.05, 0.1) is 18.4 Å². The van der Waals surface area contributed by atoms with Gasteiger partial charge < -0.3 is 14.6 Å². The first kappa shape index (κ1) is 17.2. The molecule has 23 heavy (non-hydrogen) atoms. The van der Waals surface area contributed by atoms with E-state index in [1.54, 1.807) is 6.92 Å². The summed E-state index contributed by atoms with van der Waals surface area (Å²) in [5.41, 5.74) is 1.57. The largest absolute Gasteiger partial charge is 0.465 e. The third kappa shape index (κ3) is 3.30. The molecule has 1 aliphatic rings. The summed E-state index contributed by atoms with van der Waals surface area (Å²) < 4.78 is 6.67. The molecule has 1 aromatic heterocycles. The van der Waals surface area contributed by atoms with Crippen LogP contribution < -0.4 is 5.32 Å². The minimum absolute atomic E-state index is 0.307. The van der Waals surface area contributed by atoms with Crippen LogP contribution in [0.25, 0.3) is 0 Å². The SMILES string of the molecule is COC(=O)c1c(C)c(C(=O)C(=O)NC(C)(C)C)n2c1CCCC2. The summed E-state index contributed by atoms with van der Waals surface area (Å²) in [5.74, 6) is -1.71. The van der Waals surface area contributed by atoms with Crippen molar-refractivity contribution in [3.05, 3.63) is 22.5 Å². The second kappa shape index (κ2) is 6.18. The molecule has 1 aromatic rings. The Labute approximate surface area is 136 Å². The van der Waals surface area contributed by atoms with Crippen molar-refractivity contribution in [2.75, 3.05) is 7.11 Å². The fraction of sp³-hybridized carbons (Fsp3) is 0.588. The maximum absolute atomic E-state index is 12.7. The third-order valence-corrected chi connectivity index (χ3v) is 3.96. The maximum atomic E-state index is 12.7. The van der Waals surface area contributed by atoms with E-state index >= 15 is 0 Å². The highest BCUT2D eigenvalue weighted by atomic mass is 16.5. The number of nitrogens with one attached hydrogen (secondary N) is 1. The van der Waals surface area contributed by atoms with Crippen molar-refractivity contribution in [2.24, 2.45) is 0 Å². The number of ketones is 1. The Morgan fingerprint density at radius 2 is 1.83 bits per heavy atom. The van der Waals surface area contributed by atoms with Gasteiger partial charge in [-0.25, -0.2) is 4.79 Å². The van der Waals surface area contributed by atoms with E-state index in [1.165, 1.54) is 7.11 Å². The normalized spacial score (nSPS) is 14.1. The van der Waals surface area contributed by atoms with E-state index in [2.05, 4.69) is 5.32 Å². The predicted molar refractivity (Wildman–Crippen MR) is 85.7 cm³/mol. The number of aromatic nitrogens is 1. The van der Waals surface area contributed by atoms with Crippen LogP contribution in [-0.4, -0.2) is 34.9 Å². The average Bonchev–Trinajstić information content (AvgIpc) is 2.76. The van der Waals surface area contributed by atoms with E-state index in [1.807, 2.05) is 25.3 Å². The molecule has 0 saturated heterocycles. The Bertz CT molecular complexity index is 665. The first-order valence-electron chi connectivity index (χ1n) is 7.84. The molecule has 0 aliphatic carbocycles. The number of carbonyl (C=O) groups excluding carboxylic acids is 3. The van der Waals surface area contributed by atoms with Crippen molar-refractivity contribution in [3.8, 4) is 0 Å². The van der Waals surface area contributed by atoms with Gasteiger partial charge in [-0.3, -0.25) is 9.59 Å². The monoisotopic (exact) mass is 320 g/mol. The molecule has 0 atom stereocenters. The van der Waals surface area contributed by atoms with Crippen LogP contribution in [0.5, 0.6) is 0 Å². The lowest BCUT2D eigenvalue weighted by atomic mass is 10.0. The van der Waals surface area contributed by atoms with Gasteiger partial charge in [-0.1, -0.05) is 0 Å². The van der Waals surface area contributed by atoms with Crippen LogP contribution in [0.4, 0.5) is 0 Å². The number of ether oxygens (including phenoxy) is 1. The number of carbonyl (C=O) groups is 3. The molecule has 0 aromatic carbocycles. The molecular formula is C17H24N2O4. The molecule has 1 amide bonds. The third-order valence-electron chi connectivity index (χ3n) is 3.96. The van der Waals surface area contributed by atoms with E-state index in [9.17, 15) is 14.4 Å². The molecular weight excluding hydrogens is 296 g/mol. The molecule has 0 fully saturated rings. The maximum Gasteiger partial charge on any atom is 0.339 e. The molecule has 2 rings (SSSR count). The zero-order valence-electron chi connectivity index (χ0n) is 14.4. The van der Waals surface area contributed by atoms with E-state index in [0.717, 1.165) is 18.5 Å². The van der Waals surface area contributed by atoms with E-state index in [-0.39, 0.29) is 0 Å². The Kier molecular flexibility index (Phi) is 4.63. The number of methoxy groups -OCH3 is 1. The Morgan fingerprint density at radius 3 is 2.39 bits per heavy atom. The Balaban J connectivity index is 2.50. The summed E-state index contributed by atoms with van der Waals surface area (Å²) in [6, 6.07) is 0. The molecule has 6 heteroatoms. The van der Waals surface area contributed by atoms with Crippen molar-refractivity contribution in [1.82, 2.24) is 9.88 Å². The lowest BCUT2D eigenvalue weighted by Crippen LogP contribution is -2.44. The lowest BCUT2D eigenvalue weighted by Gasteiger charge is -2.21. The zero-order valence-corrected chi connectivity index (χ0v) is 14.4. The van der Waals surface area contributed by atoms with Crippen LogP contribution in [0.2, 0.25) is 0 Å². The summed E-state index contributed by atoms with van der Waals surface area (Å²) in [6.07, 6.45) is 2.58. The second-order valence-electron chi connectivity index (χ2n) is 6.93. The van der Waals surface area contributed by atoms with Crippen LogP contribution in [0.3, 0.4) is 0 Å². The minimum Gasteiger partial charge on any atom is -0.465 e. The van der Waals surface area contributed by atoms with Gasteiger partial charge in [-0.15, -0.1) is 0 Å². The molecule has 0 spiro atoms. The van der Waals surface area contributed by atoms with Gasteiger partial charge >= 0.3 is 5.97 Å². The first-order chi connectivity index (χ1) is 10.7. The van der Waals surface area contributed by atoms with Crippen molar-refractivity contribution in [1.29, 1.82) is 0 Å². The van der Waals surface area contributed by atoms with Gasteiger partial charge in [0.1, 0.15) is 0 Å². The highest BCUT2D eigenvalue weighted by Gasteiger charge is 2.33. The summed E-state index contributed by atoms with van der Waals surface area (Å²) in [4.78, 5) is 37.0. The lowest BCUT2D eigenvalue weighted by molar-refractivity contribution is -0.118. The number of hydrogen-bond donors (Lipinski definition) is 1.